The minimum Gasteiger partial charge on any atom is -0.364 e. The van der Waals surface area contributed by atoms with Crippen LogP contribution in [0.25, 0.3) is 5.78 Å². The van der Waals surface area contributed by atoms with Crippen molar-refractivity contribution in [2.24, 2.45) is 5.73 Å². The van der Waals surface area contributed by atoms with Gasteiger partial charge in [0.25, 0.3) is 5.91 Å². The minimum absolute atomic E-state index is 0.426. The molecule has 0 spiro atoms. The number of amides is 1. The molecular formula is C9H10N4O. The second-order valence-corrected chi connectivity index (χ2v) is 2.91. The molecule has 2 rings (SSSR count). The van der Waals surface area contributed by atoms with Gasteiger partial charge in [0, 0.05) is 12.4 Å². The maximum absolute atomic E-state index is 11.2. The molecule has 5 nitrogen and oxygen atoms in total. The van der Waals surface area contributed by atoms with Gasteiger partial charge in [-0.25, -0.2) is 9.97 Å². The molecule has 0 aliphatic rings. The van der Waals surface area contributed by atoms with E-state index in [0.29, 0.717) is 23.6 Å². The summed E-state index contributed by atoms with van der Waals surface area (Å²) in [6, 6.07) is 1.74. The Labute approximate surface area is 80.6 Å². The van der Waals surface area contributed by atoms with Gasteiger partial charge >= 0.3 is 0 Å². The Kier molecular flexibility index (Phi) is 1.92. The van der Waals surface area contributed by atoms with Crippen LogP contribution in [0.5, 0.6) is 0 Å². The SMILES string of the molecule is CCc1nc2ncccn2c1C(N)=O. The van der Waals surface area contributed by atoms with Gasteiger partial charge in [-0.3, -0.25) is 9.20 Å². The van der Waals surface area contributed by atoms with E-state index in [4.69, 9.17) is 5.73 Å². The quantitative estimate of drug-likeness (QED) is 0.744. The molecular weight excluding hydrogens is 180 g/mol. The second kappa shape index (κ2) is 3.10. The fraction of sp³-hybridized carbons (Fsp3) is 0.222. The van der Waals surface area contributed by atoms with Crippen molar-refractivity contribution < 1.29 is 4.79 Å². The Morgan fingerprint density at radius 2 is 2.43 bits per heavy atom. The molecule has 2 aromatic rings. The topological polar surface area (TPSA) is 73.3 Å². The molecule has 14 heavy (non-hydrogen) atoms. The van der Waals surface area contributed by atoms with E-state index in [1.807, 2.05) is 6.92 Å². The standard InChI is InChI=1S/C9H10N4O/c1-2-6-7(8(10)14)13-5-3-4-11-9(13)12-6/h3-5H,2H2,1H3,(H2,10,14). The number of fused-ring (bicyclic) bond motifs is 1. The van der Waals surface area contributed by atoms with Gasteiger partial charge in [0.2, 0.25) is 5.78 Å². The van der Waals surface area contributed by atoms with Crippen LogP contribution in [0.1, 0.15) is 23.1 Å². The highest BCUT2D eigenvalue weighted by molar-refractivity contribution is 5.93. The third kappa shape index (κ3) is 1.14. The van der Waals surface area contributed by atoms with Gasteiger partial charge in [-0.1, -0.05) is 6.92 Å². The first kappa shape index (κ1) is 8.68. The molecule has 0 fully saturated rings. The van der Waals surface area contributed by atoms with Crippen molar-refractivity contribution in [2.45, 2.75) is 13.3 Å². The van der Waals surface area contributed by atoms with Crippen molar-refractivity contribution in [3.8, 4) is 0 Å². The molecule has 1 amide bonds. The smallest absolute Gasteiger partial charge is 0.267 e. The number of nitrogens with two attached hydrogens (primary N) is 1. The highest BCUT2D eigenvalue weighted by Crippen LogP contribution is 2.10. The lowest BCUT2D eigenvalue weighted by atomic mass is 10.2. The van der Waals surface area contributed by atoms with Crippen LogP contribution in [0, 0.1) is 0 Å². The van der Waals surface area contributed by atoms with Crippen molar-refractivity contribution in [2.75, 3.05) is 0 Å². The summed E-state index contributed by atoms with van der Waals surface area (Å²) < 4.78 is 1.61. The van der Waals surface area contributed by atoms with Crippen LogP contribution < -0.4 is 5.73 Å². The van der Waals surface area contributed by atoms with Crippen molar-refractivity contribution in [3.63, 3.8) is 0 Å². The van der Waals surface area contributed by atoms with Gasteiger partial charge < -0.3 is 5.73 Å². The lowest BCUT2D eigenvalue weighted by Gasteiger charge is -1.96. The van der Waals surface area contributed by atoms with Crippen LogP contribution in [0.4, 0.5) is 0 Å². The summed E-state index contributed by atoms with van der Waals surface area (Å²) >= 11 is 0. The van der Waals surface area contributed by atoms with Crippen molar-refractivity contribution in [1.82, 2.24) is 14.4 Å². The third-order valence-electron chi connectivity index (χ3n) is 2.04. The molecule has 0 aliphatic carbocycles. The Balaban J connectivity index is 2.81. The zero-order valence-electron chi connectivity index (χ0n) is 7.77. The number of aromatic nitrogens is 3. The summed E-state index contributed by atoms with van der Waals surface area (Å²) in [4.78, 5) is 19.4. The molecule has 0 aliphatic heterocycles. The molecule has 5 heteroatoms. The van der Waals surface area contributed by atoms with E-state index in [-0.39, 0.29) is 0 Å². The Morgan fingerprint density at radius 1 is 1.64 bits per heavy atom. The van der Waals surface area contributed by atoms with E-state index in [2.05, 4.69) is 9.97 Å². The van der Waals surface area contributed by atoms with Gasteiger partial charge in [-0.2, -0.15) is 0 Å². The van der Waals surface area contributed by atoms with Gasteiger partial charge in [-0.15, -0.1) is 0 Å². The lowest BCUT2D eigenvalue weighted by Crippen LogP contribution is -2.15. The number of hydrogen-bond donors (Lipinski definition) is 1. The predicted molar refractivity (Wildman–Crippen MR) is 50.9 cm³/mol. The molecule has 0 saturated carbocycles. The number of primary amides is 1. The average molecular weight is 190 g/mol. The molecule has 0 unspecified atom stereocenters. The van der Waals surface area contributed by atoms with Crippen LogP contribution in [0.3, 0.4) is 0 Å². The number of rotatable bonds is 2. The van der Waals surface area contributed by atoms with E-state index < -0.39 is 5.91 Å². The summed E-state index contributed by atoms with van der Waals surface area (Å²) in [7, 11) is 0. The van der Waals surface area contributed by atoms with Crippen LogP contribution in [-0.4, -0.2) is 20.3 Å². The summed E-state index contributed by atoms with van der Waals surface area (Å²) in [5, 5.41) is 0. The first-order valence-corrected chi connectivity index (χ1v) is 4.35. The molecule has 0 aromatic carbocycles. The molecule has 72 valence electrons. The number of hydrogen-bond acceptors (Lipinski definition) is 3. The monoisotopic (exact) mass is 190 g/mol. The fourth-order valence-corrected chi connectivity index (χ4v) is 1.44. The summed E-state index contributed by atoms with van der Waals surface area (Å²) in [6.07, 6.45) is 4.03. The number of carbonyl (C=O) groups is 1. The Hall–Kier alpha value is -1.91. The first-order valence-electron chi connectivity index (χ1n) is 4.35. The Morgan fingerprint density at radius 3 is 3.07 bits per heavy atom. The van der Waals surface area contributed by atoms with Crippen LogP contribution >= 0.6 is 0 Å². The van der Waals surface area contributed by atoms with Crippen LogP contribution in [-0.2, 0) is 6.42 Å². The van der Waals surface area contributed by atoms with E-state index in [1.54, 1.807) is 22.9 Å². The molecule has 0 radical (unpaired) electrons. The molecule has 0 atom stereocenters. The summed E-state index contributed by atoms with van der Waals surface area (Å²) in [5.74, 6) is 0.0421. The number of carbonyl (C=O) groups excluding carboxylic acids is 1. The van der Waals surface area contributed by atoms with E-state index in [0.717, 1.165) is 0 Å². The normalized spacial score (nSPS) is 10.6. The zero-order chi connectivity index (χ0) is 10.1. The molecule has 0 bridgehead atoms. The summed E-state index contributed by atoms with van der Waals surface area (Å²) in [5.41, 5.74) is 6.39. The van der Waals surface area contributed by atoms with E-state index in [1.165, 1.54) is 0 Å². The zero-order valence-corrected chi connectivity index (χ0v) is 7.77. The van der Waals surface area contributed by atoms with Gasteiger partial charge in [0.1, 0.15) is 5.69 Å². The highest BCUT2D eigenvalue weighted by atomic mass is 16.1. The van der Waals surface area contributed by atoms with E-state index >= 15 is 0 Å². The minimum atomic E-state index is -0.470. The maximum atomic E-state index is 11.2. The van der Waals surface area contributed by atoms with E-state index in [9.17, 15) is 4.79 Å². The average Bonchev–Trinajstić information content (AvgIpc) is 2.55. The number of aryl methyl sites for hydroxylation is 1. The first-order chi connectivity index (χ1) is 6.74. The van der Waals surface area contributed by atoms with Crippen LogP contribution in [0.15, 0.2) is 18.5 Å². The molecule has 2 aromatic heterocycles. The molecule has 0 saturated heterocycles. The Bertz CT molecular complexity index is 489. The number of nitrogens with zero attached hydrogens (tertiary/aromatic N) is 3. The maximum Gasteiger partial charge on any atom is 0.267 e. The van der Waals surface area contributed by atoms with Crippen LogP contribution in [0.2, 0.25) is 0 Å². The van der Waals surface area contributed by atoms with Gasteiger partial charge in [-0.05, 0) is 12.5 Å². The van der Waals surface area contributed by atoms with Crippen molar-refractivity contribution >= 4 is 11.7 Å². The third-order valence-corrected chi connectivity index (χ3v) is 2.04. The fourth-order valence-electron chi connectivity index (χ4n) is 1.44. The molecule has 2 heterocycles. The molecule has 2 N–H and O–H groups in total. The van der Waals surface area contributed by atoms with Crippen molar-refractivity contribution in [1.29, 1.82) is 0 Å². The largest absolute Gasteiger partial charge is 0.364 e. The van der Waals surface area contributed by atoms with Gasteiger partial charge in [0.15, 0.2) is 0 Å². The lowest BCUT2D eigenvalue weighted by molar-refractivity contribution is 0.0994. The summed E-state index contributed by atoms with van der Waals surface area (Å²) in [6.45, 7) is 1.92. The second-order valence-electron chi connectivity index (χ2n) is 2.91. The van der Waals surface area contributed by atoms with Crippen molar-refractivity contribution in [3.05, 3.63) is 29.8 Å². The number of imidazole rings is 1. The highest BCUT2D eigenvalue weighted by Gasteiger charge is 2.15. The van der Waals surface area contributed by atoms with Gasteiger partial charge in [0.05, 0.1) is 5.69 Å². The predicted octanol–water partition coefficient (Wildman–Crippen LogP) is 0.391.